The summed E-state index contributed by atoms with van der Waals surface area (Å²) in [7, 11) is -3.99. The van der Waals surface area contributed by atoms with E-state index in [0.29, 0.717) is 34.9 Å². The molecule has 1 fully saturated rings. The van der Waals surface area contributed by atoms with Crippen LogP contribution in [0.25, 0.3) is 10.9 Å². The molecule has 3 aromatic rings. The minimum atomic E-state index is -3.99. The molecule has 9 nitrogen and oxygen atoms in total. The first-order valence-corrected chi connectivity index (χ1v) is 15.5. The number of carbonyl (C=O) groups excluding carboxylic acids is 2. The van der Waals surface area contributed by atoms with E-state index in [9.17, 15) is 18.0 Å². The molecule has 0 N–H and O–H groups in total. The summed E-state index contributed by atoms with van der Waals surface area (Å²) < 4.78 is 35.6. The molecule has 0 aliphatic carbocycles. The Morgan fingerprint density at radius 1 is 1.15 bits per heavy atom. The summed E-state index contributed by atoms with van der Waals surface area (Å²) in [5.41, 5.74) is -0.442. The summed E-state index contributed by atoms with van der Waals surface area (Å²) in [5, 5.41) is 0.718. The molecule has 1 aliphatic heterocycles. The van der Waals surface area contributed by atoms with Crippen LogP contribution in [0.4, 0.5) is 4.79 Å². The molecule has 2 aromatic heterocycles. The number of aryl methyl sites for hydroxylation is 2. The first kappa shape index (κ1) is 29.1. The third-order valence-electron chi connectivity index (χ3n) is 7.07. The lowest BCUT2D eigenvalue weighted by Crippen LogP contribution is -2.39. The Morgan fingerprint density at radius 2 is 1.87 bits per heavy atom. The zero-order chi connectivity index (χ0) is 28.4. The SMILES string of the molecule is CCc1nccn1CCC1CCN(C(=O)CCS(=O)(=O)c2cc3cc(Cl)ccc3n2C(=O)OC(C)(C)C)CC1. The highest BCUT2D eigenvalue weighted by Gasteiger charge is 2.30. The molecule has 1 amide bonds. The van der Waals surface area contributed by atoms with E-state index in [1.54, 1.807) is 43.9 Å². The third kappa shape index (κ3) is 7.03. The highest BCUT2D eigenvalue weighted by molar-refractivity contribution is 7.91. The topological polar surface area (TPSA) is 104 Å². The Labute approximate surface area is 235 Å². The second kappa shape index (κ2) is 11.7. The molecule has 3 heterocycles. The second-order valence-electron chi connectivity index (χ2n) is 11.1. The molecule has 212 valence electrons. The van der Waals surface area contributed by atoms with E-state index in [0.717, 1.165) is 42.6 Å². The fourth-order valence-electron chi connectivity index (χ4n) is 5.02. The largest absolute Gasteiger partial charge is 0.443 e. The van der Waals surface area contributed by atoms with Crippen LogP contribution in [-0.2, 0) is 32.3 Å². The third-order valence-corrected chi connectivity index (χ3v) is 8.99. The Balaban J connectivity index is 1.39. The van der Waals surface area contributed by atoms with Crippen LogP contribution in [0, 0.1) is 5.92 Å². The zero-order valence-electron chi connectivity index (χ0n) is 23.0. The van der Waals surface area contributed by atoms with E-state index >= 15 is 0 Å². The number of rotatable bonds is 8. The summed E-state index contributed by atoms with van der Waals surface area (Å²) >= 11 is 6.11. The van der Waals surface area contributed by atoms with Crippen LogP contribution >= 0.6 is 11.6 Å². The highest BCUT2D eigenvalue weighted by atomic mass is 35.5. The minimum Gasteiger partial charge on any atom is -0.443 e. The summed E-state index contributed by atoms with van der Waals surface area (Å²) in [4.78, 5) is 32.1. The van der Waals surface area contributed by atoms with E-state index in [1.165, 1.54) is 6.07 Å². The van der Waals surface area contributed by atoms with Gasteiger partial charge < -0.3 is 14.2 Å². The van der Waals surface area contributed by atoms with Crippen molar-refractivity contribution >= 4 is 44.3 Å². The Kier molecular flexibility index (Phi) is 8.75. The number of hydrogen-bond donors (Lipinski definition) is 0. The number of fused-ring (bicyclic) bond motifs is 1. The van der Waals surface area contributed by atoms with Gasteiger partial charge in [0.15, 0.2) is 9.84 Å². The van der Waals surface area contributed by atoms with Gasteiger partial charge in [-0.25, -0.2) is 22.8 Å². The fourth-order valence-corrected chi connectivity index (χ4v) is 6.61. The van der Waals surface area contributed by atoms with Gasteiger partial charge in [0.05, 0.1) is 11.3 Å². The fraction of sp³-hybridized carbons (Fsp3) is 0.536. The van der Waals surface area contributed by atoms with Gasteiger partial charge in [0.1, 0.15) is 16.5 Å². The summed E-state index contributed by atoms with van der Waals surface area (Å²) in [6.45, 7) is 9.37. The molecule has 0 radical (unpaired) electrons. The molecular weight excluding hydrogens is 540 g/mol. The molecule has 0 spiro atoms. The molecule has 1 saturated heterocycles. The number of piperidine rings is 1. The molecule has 0 saturated carbocycles. The van der Waals surface area contributed by atoms with Crippen LogP contribution in [0.2, 0.25) is 5.02 Å². The number of imidazole rings is 1. The summed E-state index contributed by atoms with van der Waals surface area (Å²) in [6.07, 6.45) is 6.59. The summed E-state index contributed by atoms with van der Waals surface area (Å²) in [6, 6.07) is 6.20. The molecule has 39 heavy (non-hydrogen) atoms. The van der Waals surface area contributed by atoms with Crippen molar-refractivity contribution in [3.05, 3.63) is 47.5 Å². The van der Waals surface area contributed by atoms with E-state index in [-0.39, 0.29) is 17.4 Å². The van der Waals surface area contributed by atoms with E-state index in [4.69, 9.17) is 16.3 Å². The van der Waals surface area contributed by atoms with Crippen LogP contribution < -0.4 is 0 Å². The number of aromatic nitrogens is 3. The average Bonchev–Trinajstić information content (AvgIpc) is 3.49. The number of hydrogen-bond acceptors (Lipinski definition) is 6. The van der Waals surface area contributed by atoms with Crippen LogP contribution in [0.1, 0.15) is 59.2 Å². The van der Waals surface area contributed by atoms with Gasteiger partial charge >= 0.3 is 6.09 Å². The molecule has 1 aliphatic rings. The van der Waals surface area contributed by atoms with Crippen LogP contribution in [0.3, 0.4) is 0 Å². The van der Waals surface area contributed by atoms with Crippen molar-refractivity contribution in [2.24, 2.45) is 5.92 Å². The van der Waals surface area contributed by atoms with Gasteiger partial charge in [-0.15, -0.1) is 0 Å². The predicted octanol–water partition coefficient (Wildman–Crippen LogP) is 5.33. The van der Waals surface area contributed by atoms with Crippen LogP contribution in [0.15, 0.2) is 41.7 Å². The standard InChI is InChI=1S/C28H37ClN4O5S/c1-5-24-30-12-16-31(24)13-8-20-9-14-32(15-10-20)25(34)11-17-39(36,37)26-19-21-18-22(29)6-7-23(21)33(26)27(35)38-28(2,3)4/h6-7,12,16,18-20H,5,8-11,13-15,17H2,1-4H3. The van der Waals surface area contributed by atoms with Crippen LogP contribution in [-0.4, -0.2) is 63.9 Å². The van der Waals surface area contributed by atoms with Crippen molar-refractivity contribution in [3.63, 3.8) is 0 Å². The zero-order valence-corrected chi connectivity index (χ0v) is 24.6. The van der Waals surface area contributed by atoms with Gasteiger partial charge in [-0.3, -0.25) is 4.79 Å². The molecule has 0 bridgehead atoms. The van der Waals surface area contributed by atoms with Crippen molar-refractivity contribution in [2.75, 3.05) is 18.8 Å². The van der Waals surface area contributed by atoms with Crippen molar-refractivity contribution in [1.82, 2.24) is 19.0 Å². The van der Waals surface area contributed by atoms with E-state index < -0.39 is 27.3 Å². The Morgan fingerprint density at radius 3 is 2.54 bits per heavy atom. The number of nitrogens with zero attached hydrogens (tertiary/aromatic N) is 4. The predicted molar refractivity (Wildman–Crippen MR) is 151 cm³/mol. The van der Waals surface area contributed by atoms with Gasteiger partial charge in [-0.2, -0.15) is 0 Å². The number of likely N-dealkylation sites (tertiary alicyclic amines) is 1. The number of sulfone groups is 1. The lowest BCUT2D eigenvalue weighted by Gasteiger charge is -2.32. The molecule has 11 heteroatoms. The van der Waals surface area contributed by atoms with Gasteiger partial charge in [0, 0.05) is 55.3 Å². The number of benzene rings is 1. The van der Waals surface area contributed by atoms with Crippen LogP contribution in [0.5, 0.6) is 0 Å². The molecule has 0 atom stereocenters. The second-order valence-corrected chi connectivity index (χ2v) is 13.6. The van der Waals surface area contributed by atoms with E-state index in [2.05, 4.69) is 16.5 Å². The molecule has 1 aromatic carbocycles. The lowest BCUT2D eigenvalue weighted by atomic mass is 9.93. The molecule has 4 rings (SSSR count). The number of halogens is 1. The number of carbonyl (C=O) groups is 2. The first-order valence-electron chi connectivity index (χ1n) is 13.4. The van der Waals surface area contributed by atoms with Crippen molar-refractivity contribution in [1.29, 1.82) is 0 Å². The van der Waals surface area contributed by atoms with Gasteiger partial charge in [0.2, 0.25) is 5.91 Å². The van der Waals surface area contributed by atoms with E-state index in [1.807, 2.05) is 12.4 Å². The number of ether oxygens (including phenoxy) is 1. The lowest BCUT2D eigenvalue weighted by molar-refractivity contribution is -0.132. The van der Waals surface area contributed by atoms with Gasteiger partial charge in [-0.1, -0.05) is 18.5 Å². The highest BCUT2D eigenvalue weighted by Crippen LogP contribution is 2.29. The molecule has 0 unspecified atom stereocenters. The maximum absolute atomic E-state index is 13.4. The maximum atomic E-state index is 13.4. The molecular formula is C28H37ClN4O5S. The number of amides is 1. The first-order chi connectivity index (χ1) is 18.4. The average molecular weight is 577 g/mol. The van der Waals surface area contributed by atoms with Gasteiger partial charge in [0.25, 0.3) is 0 Å². The smallest absolute Gasteiger partial charge is 0.420 e. The Hall–Kier alpha value is -2.85. The van der Waals surface area contributed by atoms with Crippen molar-refractivity contribution in [2.45, 2.75) is 77.0 Å². The Bertz CT molecular complexity index is 1450. The summed E-state index contributed by atoms with van der Waals surface area (Å²) in [5.74, 6) is 1.00. The quantitative estimate of drug-likeness (QED) is 0.359. The van der Waals surface area contributed by atoms with Crippen molar-refractivity contribution in [3.8, 4) is 0 Å². The normalized spacial score (nSPS) is 15.2. The van der Waals surface area contributed by atoms with Gasteiger partial charge in [-0.05, 0) is 70.2 Å². The maximum Gasteiger partial charge on any atom is 0.420 e. The minimum absolute atomic E-state index is 0.154. The monoisotopic (exact) mass is 576 g/mol. The van der Waals surface area contributed by atoms with Crippen molar-refractivity contribution < 1.29 is 22.7 Å².